The highest BCUT2D eigenvalue weighted by Crippen LogP contribution is 2.53. The van der Waals surface area contributed by atoms with Crippen LogP contribution < -0.4 is 9.47 Å². The molecule has 0 aromatic heterocycles. The van der Waals surface area contributed by atoms with Crippen molar-refractivity contribution in [1.29, 1.82) is 0 Å². The number of carbonyl (C=O) groups is 9. The number of Topliss-reactive ketones (excluding diaryl/α,β-unsaturated/α-hetero) is 5. The molecule has 20 heteroatoms. The minimum Gasteiger partial charge on any atom is -0.489 e. The summed E-state index contributed by atoms with van der Waals surface area (Å²) in [5.41, 5.74) is 0.966. The lowest BCUT2D eigenvalue weighted by Crippen LogP contribution is -2.36. The number of fused-ring (bicyclic) bond motifs is 1. The molecule has 0 spiro atoms. The summed E-state index contributed by atoms with van der Waals surface area (Å²) in [6, 6.07) is 24.9. The highest BCUT2D eigenvalue weighted by molar-refractivity contribution is 7.55. The Balaban J connectivity index is 0.000000328. The number of carboxylic acids is 2. The smallest absolute Gasteiger partial charge is 0.372 e. The van der Waals surface area contributed by atoms with Crippen LogP contribution in [0, 0.1) is 10.8 Å². The van der Waals surface area contributed by atoms with E-state index in [2.05, 4.69) is 9.05 Å². The molecule has 2 amide bonds. The normalized spacial score (nSPS) is 12.9. The number of rotatable bonds is 24. The highest BCUT2D eigenvalue weighted by atomic mass is 31.2. The Morgan fingerprint density at radius 3 is 1.43 bits per heavy atom. The van der Waals surface area contributed by atoms with Gasteiger partial charge in [-0.25, -0.2) is 14.0 Å². The molecule has 0 saturated heterocycles. The minimum absolute atomic E-state index is 0.0308. The van der Waals surface area contributed by atoms with Gasteiger partial charge in [-0.3, -0.25) is 43.0 Å². The van der Waals surface area contributed by atoms with Crippen molar-refractivity contribution in [2.45, 2.75) is 93.9 Å². The number of nitrogens with zero attached hydrogens (tertiary/aromatic N) is 1. The van der Waals surface area contributed by atoms with Gasteiger partial charge in [0.1, 0.15) is 24.7 Å². The molecule has 1 aliphatic rings. The van der Waals surface area contributed by atoms with Gasteiger partial charge in [-0.1, -0.05) is 71.9 Å². The SMILES string of the molecule is CC(C)(C)CC(=O)c1ccc(OC/C(CCC(=O)c2ccccc2C(=O)O)=C(/F)C(=O)O)cc1.CC(C)(C)CC(=O)c1ccc(OCC(=O)CN2C(=O)c3ccccc3C2=O)cc1.CCOP(=O)(OCC)C(F)C(C)=O. The molecule has 1 unspecified atom stereocenters. The van der Waals surface area contributed by atoms with Gasteiger partial charge in [0, 0.05) is 41.5 Å². The molecule has 0 aliphatic carbocycles. The molecular formula is C56H64F2NO16P. The number of carboxylic acid groups (broad SMARTS) is 2. The van der Waals surface area contributed by atoms with Crippen LogP contribution in [0.25, 0.3) is 0 Å². The van der Waals surface area contributed by atoms with Gasteiger partial charge >= 0.3 is 19.5 Å². The average Bonchev–Trinajstić information content (AvgIpc) is 3.59. The number of hydrogen-bond donors (Lipinski definition) is 2. The fourth-order valence-corrected chi connectivity index (χ4v) is 8.54. The Morgan fingerprint density at radius 1 is 0.618 bits per heavy atom. The van der Waals surface area contributed by atoms with Gasteiger partial charge in [0.15, 0.2) is 28.9 Å². The average molecular weight is 1080 g/mol. The first-order chi connectivity index (χ1) is 35.5. The molecule has 5 rings (SSSR count). The quantitative estimate of drug-likeness (QED) is 0.0286. The summed E-state index contributed by atoms with van der Waals surface area (Å²) in [6.07, 6.45) is 0.228. The summed E-state index contributed by atoms with van der Waals surface area (Å²) in [6.45, 7) is 15.0. The molecule has 4 aromatic carbocycles. The van der Waals surface area contributed by atoms with Gasteiger partial charge in [-0.15, -0.1) is 0 Å². The molecule has 76 heavy (non-hydrogen) atoms. The zero-order valence-electron chi connectivity index (χ0n) is 43.9. The van der Waals surface area contributed by atoms with Crippen molar-refractivity contribution in [3.05, 3.63) is 142 Å². The summed E-state index contributed by atoms with van der Waals surface area (Å²) in [7, 11) is -3.88. The van der Waals surface area contributed by atoms with Crippen LogP contribution in [0.3, 0.4) is 0 Å². The topological polar surface area (TPSA) is 251 Å². The molecule has 0 bridgehead atoms. The van der Waals surface area contributed by atoms with E-state index in [0.717, 1.165) is 11.8 Å². The summed E-state index contributed by atoms with van der Waals surface area (Å²) >= 11 is 0. The number of imide groups is 1. The second kappa shape index (κ2) is 28.5. The first-order valence-corrected chi connectivity index (χ1v) is 25.6. The first-order valence-electron chi connectivity index (χ1n) is 24.0. The third-order valence-corrected chi connectivity index (χ3v) is 12.8. The van der Waals surface area contributed by atoms with Crippen molar-refractivity contribution in [2.24, 2.45) is 10.8 Å². The second-order valence-corrected chi connectivity index (χ2v) is 21.6. The maximum Gasteiger partial charge on any atom is 0.372 e. The molecule has 0 saturated carbocycles. The molecule has 408 valence electrons. The zero-order chi connectivity index (χ0) is 57.1. The predicted molar refractivity (Wildman–Crippen MR) is 277 cm³/mol. The van der Waals surface area contributed by atoms with E-state index in [4.69, 9.17) is 14.6 Å². The van der Waals surface area contributed by atoms with Crippen LogP contribution in [0.15, 0.2) is 108 Å². The number of alkyl halides is 1. The van der Waals surface area contributed by atoms with E-state index < -0.39 is 67.0 Å². The molecule has 2 N–H and O–H groups in total. The number of amides is 2. The van der Waals surface area contributed by atoms with Crippen LogP contribution in [-0.2, 0) is 28.0 Å². The number of ketones is 5. The third-order valence-electron chi connectivity index (χ3n) is 10.6. The van der Waals surface area contributed by atoms with Gasteiger partial charge in [0.05, 0.1) is 36.4 Å². The molecule has 1 atom stereocenters. The van der Waals surface area contributed by atoms with Gasteiger partial charge in [-0.2, -0.15) is 4.39 Å². The van der Waals surface area contributed by atoms with Crippen molar-refractivity contribution in [3.63, 3.8) is 0 Å². The molecule has 17 nitrogen and oxygen atoms in total. The van der Waals surface area contributed by atoms with E-state index in [1.54, 1.807) is 74.5 Å². The lowest BCUT2D eigenvalue weighted by Gasteiger charge is -2.18. The number of halogens is 2. The maximum atomic E-state index is 14.2. The van der Waals surface area contributed by atoms with E-state index in [1.807, 2.05) is 41.5 Å². The van der Waals surface area contributed by atoms with E-state index in [-0.39, 0.29) is 78.3 Å². The Hall–Kier alpha value is -7.34. The Labute approximate surface area is 440 Å². The number of aliphatic carboxylic acids is 1. The molecule has 1 heterocycles. The van der Waals surface area contributed by atoms with E-state index in [0.29, 0.717) is 46.6 Å². The standard InChI is InChI=1S/C26H27FO7.C23H23NO5.C7H14FO4P/c1-26(2,3)14-22(29)16-8-11-18(12-9-16)34-15-17(23(27)25(32)33)10-13-21(28)19-6-4-5-7-20(19)24(30)31;1-23(2,3)12-20(26)15-8-10-17(11-9-15)29-14-16(25)13-24-21(27)18-6-4-5-7-19(18)22(24)28;1-4-11-13(10,12-5-2)7(8)6(3)9/h4-9,11-12H,10,13-15H2,1-3H3,(H,30,31)(H,32,33);4-11H,12-14H2,1-3H3;7H,4-5H2,1-3H3/b23-17+;;. The van der Waals surface area contributed by atoms with E-state index in [1.165, 1.54) is 36.4 Å². The molecule has 0 fully saturated rings. The van der Waals surface area contributed by atoms with Crippen LogP contribution >= 0.6 is 7.60 Å². The van der Waals surface area contributed by atoms with Crippen LogP contribution in [-0.4, -0.2) is 107 Å². The summed E-state index contributed by atoms with van der Waals surface area (Å²) in [4.78, 5) is 108. The second-order valence-electron chi connectivity index (χ2n) is 19.5. The Morgan fingerprint density at radius 2 is 1.04 bits per heavy atom. The van der Waals surface area contributed by atoms with Crippen LogP contribution in [0.5, 0.6) is 11.5 Å². The molecule has 4 aromatic rings. The lowest BCUT2D eigenvalue weighted by atomic mass is 9.88. The van der Waals surface area contributed by atoms with Crippen LogP contribution in [0.2, 0.25) is 0 Å². The van der Waals surface area contributed by atoms with Crippen molar-refractivity contribution in [1.82, 2.24) is 4.90 Å². The fraction of sp³-hybridized carbons (Fsp3) is 0.375. The number of carbonyl (C=O) groups excluding carboxylic acids is 7. The molecule has 1 aliphatic heterocycles. The maximum absolute atomic E-state index is 14.2. The Kier molecular flexibility index (Phi) is 23.6. The van der Waals surface area contributed by atoms with Gasteiger partial charge in [-0.05, 0) is 105 Å². The van der Waals surface area contributed by atoms with Crippen molar-refractivity contribution in [3.8, 4) is 11.5 Å². The van der Waals surface area contributed by atoms with Gasteiger partial charge in [0.25, 0.3) is 17.7 Å². The first kappa shape index (κ1) is 63.0. The summed E-state index contributed by atoms with van der Waals surface area (Å²) < 4.78 is 59.0. The van der Waals surface area contributed by atoms with Crippen molar-refractivity contribution < 1.29 is 85.2 Å². The lowest BCUT2D eigenvalue weighted by molar-refractivity contribution is -0.134. The Bertz CT molecular complexity index is 2800. The largest absolute Gasteiger partial charge is 0.489 e. The summed E-state index contributed by atoms with van der Waals surface area (Å²) in [5, 5.41) is 18.3. The third kappa shape index (κ3) is 19.4. The number of aromatic carboxylic acids is 1. The van der Waals surface area contributed by atoms with Crippen molar-refractivity contribution >= 4 is 60.3 Å². The van der Waals surface area contributed by atoms with Crippen molar-refractivity contribution in [2.75, 3.05) is 33.0 Å². The van der Waals surface area contributed by atoms with Crippen LogP contribution in [0.4, 0.5) is 8.78 Å². The minimum atomic E-state index is -3.88. The van der Waals surface area contributed by atoms with E-state index >= 15 is 0 Å². The highest BCUT2D eigenvalue weighted by Gasteiger charge is 2.39. The predicted octanol–water partition coefficient (Wildman–Crippen LogP) is 11.0. The van der Waals surface area contributed by atoms with Gasteiger partial charge < -0.3 is 28.7 Å². The monoisotopic (exact) mass is 1080 g/mol. The van der Waals surface area contributed by atoms with Gasteiger partial charge in [0.2, 0.25) is 5.83 Å². The molecule has 0 radical (unpaired) electrons. The van der Waals surface area contributed by atoms with E-state index in [9.17, 15) is 61.6 Å². The fourth-order valence-electron chi connectivity index (χ4n) is 7.04. The molecular weight excluding hydrogens is 1010 g/mol. The number of benzene rings is 4. The zero-order valence-corrected chi connectivity index (χ0v) is 44.8. The number of ether oxygens (including phenoxy) is 2. The summed E-state index contributed by atoms with van der Waals surface area (Å²) in [5.74, 6) is -8.66. The van der Waals surface area contributed by atoms with Crippen LogP contribution in [0.1, 0.15) is 150 Å². The number of hydrogen-bond acceptors (Lipinski definition) is 14.